The third-order valence-electron chi connectivity index (χ3n) is 5.80. The Morgan fingerprint density at radius 3 is 2.10 bits per heavy atom. The second-order valence-corrected chi connectivity index (χ2v) is 8.23. The second kappa shape index (κ2) is 9.96. The first kappa shape index (κ1) is 20.7. The Bertz CT molecular complexity index is 810. The molecule has 2 fully saturated rings. The smallest absolute Gasteiger partial charge is 0.238 e. The van der Waals surface area contributed by atoms with Gasteiger partial charge in [-0.05, 0) is 61.9 Å². The Morgan fingerprint density at radius 2 is 1.47 bits per heavy atom. The number of anilines is 3. The highest BCUT2D eigenvalue weighted by Crippen LogP contribution is 2.22. The molecule has 6 heteroatoms. The molecule has 0 atom stereocenters. The Balaban J connectivity index is 1.24. The second-order valence-electron chi connectivity index (χ2n) is 8.23. The van der Waals surface area contributed by atoms with Crippen LogP contribution in [0.3, 0.4) is 0 Å². The molecule has 2 saturated heterocycles. The minimum Gasteiger partial charge on any atom is -0.378 e. The van der Waals surface area contributed by atoms with E-state index in [4.69, 9.17) is 4.74 Å². The van der Waals surface area contributed by atoms with E-state index in [1.165, 1.54) is 29.8 Å². The average molecular weight is 409 g/mol. The molecular formula is C24H32N4O2. The summed E-state index contributed by atoms with van der Waals surface area (Å²) in [7, 11) is 1.98. The summed E-state index contributed by atoms with van der Waals surface area (Å²) < 4.78 is 5.42. The number of nitrogens with one attached hydrogen (secondary N) is 1. The number of hydrogen-bond acceptors (Lipinski definition) is 5. The van der Waals surface area contributed by atoms with Crippen LogP contribution >= 0.6 is 0 Å². The molecule has 30 heavy (non-hydrogen) atoms. The number of nitrogens with zero attached hydrogens (tertiary/aromatic N) is 3. The normalized spacial score (nSPS) is 16.9. The third-order valence-corrected chi connectivity index (χ3v) is 5.80. The van der Waals surface area contributed by atoms with Crippen molar-refractivity contribution < 1.29 is 9.53 Å². The van der Waals surface area contributed by atoms with Gasteiger partial charge in [0.2, 0.25) is 5.91 Å². The standard InChI is InChI=1S/C24H32N4O2/c1-26(18-20-4-8-22(9-5-20)28-14-16-30-17-15-28)19-24(29)25-21-6-10-23(11-7-21)27-12-2-3-13-27/h4-11H,2-3,12-19H2,1H3,(H,25,29). The maximum atomic E-state index is 12.4. The van der Waals surface area contributed by atoms with Crippen molar-refractivity contribution in [1.82, 2.24) is 4.90 Å². The predicted octanol–water partition coefficient (Wildman–Crippen LogP) is 3.19. The van der Waals surface area contributed by atoms with Crippen LogP contribution in [0.5, 0.6) is 0 Å². The quantitative estimate of drug-likeness (QED) is 0.763. The molecule has 1 amide bonds. The molecular weight excluding hydrogens is 376 g/mol. The summed E-state index contributed by atoms with van der Waals surface area (Å²) in [4.78, 5) is 19.2. The number of hydrogen-bond donors (Lipinski definition) is 1. The van der Waals surface area contributed by atoms with Gasteiger partial charge in [0, 0.05) is 49.8 Å². The van der Waals surface area contributed by atoms with Gasteiger partial charge >= 0.3 is 0 Å². The fourth-order valence-electron chi connectivity index (χ4n) is 4.18. The van der Waals surface area contributed by atoms with Gasteiger partial charge < -0.3 is 19.9 Å². The largest absolute Gasteiger partial charge is 0.378 e. The molecule has 4 rings (SSSR count). The van der Waals surface area contributed by atoms with Crippen molar-refractivity contribution in [3.63, 3.8) is 0 Å². The van der Waals surface area contributed by atoms with E-state index in [0.29, 0.717) is 6.54 Å². The van der Waals surface area contributed by atoms with Crippen LogP contribution in [0.2, 0.25) is 0 Å². The van der Waals surface area contributed by atoms with E-state index < -0.39 is 0 Å². The number of amides is 1. The van der Waals surface area contributed by atoms with Crippen LogP contribution in [0.1, 0.15) is 18.4 Å². The summed E-state index contributed by atoms with van der Waals surface area (Å²) in [5.41, 5.74) is 4.53. The number of rotatable bonds is 7. The van der Waals surface area contributed by atoms with Crippen LogP contribution in [0.25, 0.3) is 0 Å². The fourth-order valence-corrected chi connectivity index (χ4v) is 4.18. The highest BCUT2D eigenvalue weighted by atomic mass is 16.5. The summed E-state index contributed by atoms with van der Waals surface area (Å²) in [5, 5.41) is 3.01. The molecule has 0 spiro atoms. The summed E-state index contributed by atoms with van der Waals surface area (Å²) in [6.07, 6.45) is 2.53. The van der Waals surface area contributed by atoms with Crippen molar-refractivity contribution in [2.45, 2.75) is 19.4 Å². The first-order chi connectivity index (χ1) is 14.7. The van der Waals surface area contributed by atoms with Crippen LogP contribution in [-0.4, -0.2) is 63.8 Å². The van der Waals surface area contributed by atoms with Crippen molar-refractivity contribution in [2.75, 3.05) is 68.1 Å². The molecule has 0 aromatic heterocycles. The lowest BCUT2D eigenvalue weighted by molar-refractivity contribution is -0.117. The summed E-state index contributed by atoms with van der Waals surface area (Å²) in [5.74, 6) is 0.0105. The maximum absolute atomic E-state index is 12.4. The summed E-state index contributed by atoms with van der Waals surface area (Å²) in [6, 6.07) is 16.8. The SMILES string of the molecule is CN(CC(=O)Nc1ccc(N2CCCC2)cc1)Cc1ccc(N2CCOCC2)cc1. The van der Waals surface area contributed by atoms with Crippen LogP contribution < -0.4 is 15.1 Å². The zero-order valence-corrected chi connectivity index (χ0v) is 17.8. The van der Waals surface area contributed by atoms with Crippen LogP contribution in [0, 0.1) is 0 Å². The van der Waals surface area contributed by atoms with Gasteiger partial charge in [-0.1, -0.05) is 12.1 Å². The van der Waals surface area contributed by atoms with Crippen molar-refractivity contribution >= 4 is 23.0 Å². The summed E-state index contributed by atoms with van der Waals surface area (Å²) in [6.45, 7) is 6.83. The van der Waals surface area contributed by atoms with Crippen molar-refractivity contribution in [1.29, 1.82) is 0 Å². The van der Waals surface area contributed by atoms with E-state index in [2.05, 4.69) is 51.5 Å². The number of carbonyl (C=O) groups is 1. The molecule has 2 aliphatic rings. The van der Waals surface area contributed by atoms with Gasteiger partial charge in [-0.15, -0.1) is 0 Å². The molecule has 0 saturated carbocycles. The van der Waals surface area contributed by atoms with E-state index >= 15 is 0 Å². The monoisotopic (exact) mass is 408 g/mol. The Hall–Kier alpha value is -2.57. The number of benzene rings is 2. The molecule has 0 bridgehead atoms. The molecule has 2 aromatic carbocycles. The third kappa shape index (κ3) is 5.52. The lowest BCUT2D eigenvalue weighted by Crippen LogP contribution is -2.36. The van der Waals surface area contributed by atoms with Crippen LogP contribution in [0.15, 0.2) is 48.5 Å². The molecule has 6 nitrogen and oxygen atoms in total. The van der Waals surface area contributed by atoms with E-state index in [1.807, 2.05) is 24.1 Å². The molecule has 2 aliphatic heterocycles. The van der Waals surface area contributed by atoms with Gasteiger partial charge in [0.25, 0.3) is 0 Å². The minimum absolute atomic E-state index is 0.0105. The Labute approximate surface area is 179 Å². The van der Waals surface area contributed by atoms with Gasteiger partial charge in [0.05, 0.1) is 19.8 Å². The molecule has 2 heterocycles. The zero-order chi connectivity index (χ0) is 20.8. The van der Waals surface area contributed by atoms with Gasteiger partial charge in [0.15, 0.2) is 0 Å². The topological polar surface area (TPSA) is 48.1 Å². The Morgan fingerprint density at radius 1 is 0.900 bits per heavy atom. The number of likely N-dealkylation sites (N-methyl/N-ethyl adjacent to an activating group) is 1. The number of morpholine rings is 1. The molecule has 1 N–H and O–H groups in total. The minimum atomic E-state index is 0.0105. The molecule has 2 aromatic rings. The Kier molecular flexibility index (Phi) is 6.87. The van der Waals surface area contributed by atoms with Crippen molar-refractivity contribution in [3.05, 3.63) is 54.1 Å². The lowest BCUT2D eigenvalue weighted by Gasteiger charge is -2.29. The van der Waals surface area contributed by atoms with E-state index in [1.54, 1.807) is 0 Å². The highest BCUT2D eigenvalue weighted by molar-refractivity contribution is 5.92. The predicted molar refractivity (Wildman–Crippen MR) is 122 cm³/mol. The molecule has 160 valence electrons. The van der Waals surface area contributed by atoms with Gasteiger partial charge in [-0.2, -0.15) is 0 Å². The van der Waals surface area contributed by atoms with E-state index in [-0.39, 0.29) is 5.91 Å². The van der Waals surface area contributed by atoms with Crippen molar-refractivity contribution in [2.24, 2.45) is 0 Å². The molecule has 0 radical (unpaired) electrons. The summed E-state index contributed by atoms with van der Waals surface area (Å²) >= 11 is 0. The average Bonchev–Trinajstić information content (AvgIpc) is 3.30. The van der Waals surface area contributed by atoms with Gasteiger partial charge in [-0.25, -0.2) is 0 Å². The van der Waals surface area contributed by atoms with E-state index in [9.17, 15) is 4.79 Å². The fraction of sp³-hybridized carbons (Fsp3) is 0.458. The van der Waals surface area contributed by atoms with Crippen LogP contribution in [0.4, 0.5) is 17.1 Å². The van der Waals surface area contributed by atoms with Gasteiger partial charge in [0.1, 0.15) is 0 Å². The number of ether oxygens (including phenoxy) is 1. The maximum Gasteiger partial charge on any atom is 0.238 e. The first-order valence-corrected chi connectivity index (χ1v) is 10.9. The molecule has 0 aliphatic carbocycles. The molecule has 0 unspecified atom stereocenters. The van der Waals surface area contributed by atoms with E-state index in [0.717, 1.165) is 51.6 Å². The van der Waals surface area contributed by atoms with Gasteiger partial charge in [-0.3, -0.25) is 9.69 Å². The first-order valence-electron chi connectivity index (χ1n) is 10.9. The number of carbonyl (C=O) groups excluding carboxylic acids is 1. The lowest BCUT2D eigenvalue weighted by atomic mass is 10.1. The highest BCUT2D eigenvalue weighted by Gasteiger charge is 2.13. The van der Waals surface area contributed by atoms with Crippen LogP contribution in [-0.2, 0) is 16.1 Å². The van der Waals surface area contributed by atoms with Crippen molar-refractivity contribution in [3.8, 4) is 0 Å². The zero-order valence-electron chi connectivity index (χ0n) is 17.8.